The Kier molecular flexibility index (Phi) is 5.64. The zero-order valence-electron chi connectivity index (χ0n) is 14.3. The van der Waals surface area contributed by atoms with E-state index in [4.69, 9.17) is 11.6 Å². The third-order valence-electron chi connectivity index (χ3n) is 3.36. The van der Waals surface area contributed by atoms with E-state index in [2.05, 4.69) is 15.6 Å². The fourth-order valence-corrected chi connectivity index (χ4v) is 2.15. The third kappa shape index (κ3) is 5.46. The van der Waals surface area contributed by atoms with Crippen molar-refractivity contribution >= 4 is 34.9 Å². The van der Waals surface area contributed by atoms with E-state index in [1.807, 2.05) is 0 Å². The molecule has 2 amide bonds. The number of benzene rings is 1. The smallest absolute Gasteiger partial charge is 0.230 e. The first kappa shape index (κ1) is 18.7. The van der Waals surface area contributed by atoms with Gasteiger partial charge in [0.05, 0.1) is 6.42 Å². The summed E-state index contributed by atoms with van der Waals surface area (Å²) >= 11 is 5.88. The quantitative estimate of drug-likeness (QED) is 0.775. The maximum atomic E-state index is 12.2. The molecule has 1 aromatic heterocycles. The number of phenolic OH excluding ortho intramolecular Hbond substituents is 1. The zero-order valence-corrected chi connectivity index (χ0v) is 15.0. The van der Waals surface area contributed by atoms with Crippen molar-refractivity contribution in [3.05, 3.63) is 47.1 Å². The molecule has 0 atom stereocenters. The number of halogens is 1. The summed E-state index contributed by atoms with van der Waals surface area (Å²) in [5, 5.41) is 15.6. The van der Waals surface area contributed by atoms with Crippen molar-refractivity contribution < 1.29 is 14.7 Å². The van der Waals surface area contributed by atoms with E-state index in [-0.39, 0.29) is 24.0 Å². The van der Waals surface area contributed by atoms with Crippen LogP contribution in [0.3, 0.4) is 0 Å². The molecule has 7 heteroatoms. The van der Waals surface area contributed by atoms with Crippen LogP contribution < -0.4 is 10.6 Å². The standard InChI is InChI=1S/C18H20ClN3O3/c1-18(2,3)17(25)22-15-10-13(6-7-20-15)21-16(24)9-11-8-12(19)4-5-14(11)23/h4-8,10,23H,9H2,1-3H3,(H2,20,21,22,24,25). The van der Waals surface area contributed by atoms with Gasteiger partial charge in [-0.15, -0.1) is 0 Å². The Morgan fingerprint density at radius 1 is 1.16 bits per heavy atom. The van der Waals surface area contributed by atoms with E-state index >= 15 is 0 Å². The van der Waals surface area contributed by atoms with Crippen molar-refractivity contribution in [1.82, 2.24) is 4.98 Å². The Balaban J connectivity index is 2.05. The number of carbonyl (C=O) groups is 2. The van der Waals surface area contributed by atoms with E-state index in [1.165, 1.54) is 18.3 Å². The van der Waals surface area contributed by atoms with Gasteiger partial charge in [-0.2, -0.15) is 0 Å². The first-order valence-corrected chi connectivity index (χ1v) is 8.08. The number of aromatic hydroxyl groups is 1. The van der Waals surface area contributed by atoms with Gasteiger partial charge in [0.1, 0.15) is 11.6 Å². The number of hydrogen-bond donors (Lipinski definition) is 3. The van der Waals surface area contributed by atoms with Crippen molar-refractivity contribution in [1.29, 1.82) is 0 Å². The van der Waals surface area contributed by atoms with Gasteiger partial charge in [0.15, 0.2) is 0 Å². The summed E-state index contributed by atoms with van der Waals surface area (Å²) in [4.78, 5) is 28.2. The lowest BCUT2D eigenvalue weighted by molar-refractivity contribution is -0.123. The number of aromatic nitrogens is 1. The molecule has 6 nitrogen and oxygen atoms in total. The van der Waals surface area contributed by atoms with Gasteiger partial charge in [-0.1, -0.05) is 32.4 Å². The van der Waals surface area contributed by atoms with E-state index in [0.717, 1.165) is 0 Å². The number of phenols is 1. The van der Waals surface area contributed by atoms with Crippen LogP contribution in [-0.2, 0) is 16.0 Å². The van der Waals surface area contributed by atoms with E-state index in [0.29, 0.717) is 22.1 Å². The number of amides is 2. The predicted molar refractivity (Wildman–Crippen MR) is 97.8 cm³/mol. The summed E-state index contributed by atoms with van der Waals surface area (Å²) in [6.45, 7) is 5.39. The fraction of sp³-hybridized carbons (Fsp3) is 0.278. The summed E-state index contributed by atoms with van der Waals surface area (Å²) in [7, 11) is 0. The molecule has 25 heavy (non-hydrogen) atoms. The molecule has 0 aliphatic rings. The van der Waals surface area contributed by atoms with Crippen LogP contribution in [0.15, 0.2) is 36.5 Å². The lowest BCUT2D eigenvalue weighted by Crippen LogP contribution is -2.28. The van der Waals surface area contributed by atoms with Crippen LogP contribution in [-0.4, -0.2) is 21.9 Å². The van der Waals surface area contributed by atoms with Crippen molar-refractivity contribution in [2.75, 3.05) is 10.6 Å². The molecule has 0 aliphatic carbocycles. The van der Waals surface area contributed by atoms with E-state index in [9.17, 15) is 14.7 Å². The highest BCUT2D eigenvalue weighted by molar-refractivity contribution is 6.30. The minimum atomic E-state index is -0.551. The Bertz CT molecular complexity index is 800. The number of rotatable bonds is 4. The highest BCUT2D eigenvalue weighted by atomic mass is 35.5. The van der Waals surface area contributed by atoms with Crippen molar-refractivity contribution in [3.63, 3.8) is 0 Å². The molecule has 132 valence electrons. The number of pyridine rings is 1. The third-order valence-corrected chi connectivity index (χ3v) is 3.59. The molecule has 1 aromatic carbocycles. The number of nitrogens with one attached hydrogen (secondary N) is 2. The van der Waals surface area contributed by atoms with Crippen LogP contribution in [0.2, 0.25) is 5.02 Å². The van der Waals surface area contributed by atoms with Gasteiger partial charge >= 0.3 is 0 Å². The minimum Gasteiger partial charge on any atom is -0.508 e. The molecule has 0 aliphatic heterocycles. The Labute approximate surface area is 151 Å². The highest BCUT2D eigenvalue weighted by Gasteiger charge is 2.21. The van der Waals surface area contributed by atoms with Gasteiger partial charge in [-0.3, -0.25) is 9.59 Å². The average molecular weight is 362 g/mol. The van der Waals surface area contributed by atoms with Crippen LogP contribution in [0, 0.1) is 5.41 Å². The molecule has 0 fully saturated rings. The molecular formula is C18H20ClN3O3. The molecule has 1 heterocycles. The summed E-state index contributed by atoms with van der Waals surface area (Å²) in [6.07, 6.45) is 1.46. The molecule has 0 spiro atoms. The summed E-state index contributed by atoms with van der Waals surface area (Å²) in [6, 6.07) is 7.71. The SMILES string of the molecule is CC(C)(C)C(=O)Nc1cc(NC(=O)Cc2cc(Cl)ccc2O)ccn1. The lowest BCUT2D eigenvalue weighted by atomic mass is 9.96. The summed E-state index contributed by atoms with van der Waals surface area (Å²) in [5.41, 5.74) is 0.372. The number of hydrogen-bond acceptors (Lipinski definition) is 4. The molecule has 0 unspecified atom stereocenters. The monoisotopic (exact) mass is 361 g/mol. The second-order valence-electron chi connectivity index (χ2n) is 6.63. The maximum Gasteiger partial charge on any atom is 0.230 e. The summed E-state index contributed by atoms with van der Waals surface area (Å²) in [5.74, 6) is -0.139. The Morgan fingerprint density at radius 3 is 2.56 bits per heavy atom. The van der Waals surface area contributed by atoms with Crippen LogP contribution >= 0.6 is 11.6 Å². The van der Waals surface area contributed by atoms with Crippen molar-refractivity contribution in [2.45, 2.75) is 27.2 Å². The zero-order chi connectivity index (χ0) is 18.6. The van der Waals surface area contributed by atoms with Gasteiger partial charge in [-0.05, 0) is 24.3 Å². The number of carbonyl (C=O) groups excluding carboxylic acids is 2. The van der Waals surface area contributed by atoms with Gasteiger partial charge < -0.3 is 15.7 Å². The van der Waals surface area contributed by atoms with Gasteiger partial charge in [0.25, 0.3) is 0 Å². The number of anilines is 2. The lowest BCUT2D eigenvalue weighted by Gasteiger charge is -2.17. The topological polar surface area (TPSA) is 91.3 Å². The molecule has 0 bridgehead atoms. The molecule has 2 aromatic rings. The van der Waals surface area contributed by atoms with Gasteiger partial charge in [0, 0.05) is 34.0 Å². The van der Waals surface area contributed by atoms with Crippen LogP contribution in [0.5, 0.6) is 5.75 Å². The molecular weight excluding hydrogens is 342 g/mol. The van der Waals surface area contributed by atoms with Crippen LogP contribution in [0.1, 0.15) is 26.3 Å². The Hall–Kier alpha value is -2.60. The average Bonchev–Trinajstić information content (AvgIpc) is 2.50. The molecule has 0 radical (unpaired) electrons. The predicted octanol–water partition coefficient (Wildman–Crippen LogP) is 3.61. The van der Waals surface area contributed by atoms with Crippen LogP contribution in [0.25, 0.3) is 0 Å². The van der Waals surface area contributed by atoms with Crippen LogP contribution in [0.4, 0.5) is 11.5 Å². The first-order chi connectivity index (χ1) is 11.6. The Morgan fingerprint density at radius 2 is 1.88 bits per heavy atom. The van der Waals surface area contributed by atoms with Crippen molar-refractivity contribution in [3.8, 4) is 5.75 Å². The van der Waals surface area contributed by atoms with Gasteiger partial charge in [0.2, 0.25) is 11.8 Å². The van der Waals surface area contributed by atoms with Crippen molar-refractivity contribution in [2.24, 2.45) is 5.41 Å². The second-order valence-corrected chi connectivity index (χ2v) is 7.07. The molecule has 0 saturated heterocycles. The molecule has 2 rings (SSSR count). The fourth-order valence-electron chi connectivity index (χ4n) is 1.95. The maximum absolute atomic E-state index is 12.2. The first-order valence-electron chi connectivity index (χ1n) is 7.70. The second kappa shape index (κ2) is 7.53. The minimum absolute atomic E-state index is 0.00686. The van der Waals surface area contributed by atoms with Gasteiger partial charge in [-0.25, -0.2) is 4.98 Å². The highest BCUT2D eigenvalue weighted by Crippen LogP contribution is 2.23. The number of nitrogens with zero attached hydrogens (tertiary/aromatic N) is 1. The molecule has 0 saturated carbocycles. The van der Waals surface area contributed by atoms with E-state index in [1.54, 1.807) is 39.0 Å². The normalized spacial score (nSPS) is 11.0. The van der Waals surface area contributed by atoms with E-state index < -0.39 is 5.41 Å². The molecule has 3 N–H and O–H groups in total. The summed E-state index contributed by atoms with van der Waals surface area (Å²) < 4.78 is 0. The largest absolute Gasteiger partial charge is 0.508 e.